The summed E-state index contributed by atoms with van der Waals surface area (Å²) in [5, 5.41) is 2.84. The van der Waals surface area contributed by atoms with Crippen LogP contribution in [0.2, 0.25) is 0 Å². The molecule has 0 radical (unpaired) electrons. The van der Waals surface area contributed by atoms with E-state index in [0.29, 0.717) is 17.9 Å². The predicted molar refractivity (Wildman–Crippen MR) is 84.4 cm³/mol. The number of carbonyl (C=O) groups is 2. The number of hydrogen-bond donors (Lipinski definition) is 3. The third kappa shape index (κ3) is 7.56. The van der Waals surface area contributed by atoms with E-state index in [1.165, 1.54) is 0 Å². The summed E-state index contributed by atoms with van der Waals surface area (Å²) in [5.74, 6) is -1.36. The lowest BCUT2D eigenvalue weighted by Gasteiger charge is -2.13. The molecule has 0 fully saturated rings. The minimum atomic E-state index is -0.682. The van der Waals surface area contributed by atoms with Crippen molar-refractivity contribution in [1.29, 1.82) is 0 Å². The van der Waals surface area contributed by atoms with Gasteiger partial charge in [0.1, 0.15) is 0 Å². The van der Waals surface area contributed by atoms with Gasteiger partial charge in [-0.05, 0) is 20.8 Å². The molecule has 0 aromatic rings. The molecule has 0 aliphatic heterocycles. The van der Waals surface area contributed by atoms with E-state index in [2.05, 4.69) is 15.0 Å². The number of carbonyl (C=O) groups excluding carboxylic acids is 2. The SMILES string of the molecule is [C-]#[N+]/C(C(N)=O)=C(\C)N(C)C.[C-]#[N+]/C(C(N)=O)=C(\C)NCC. The van der Waals surface area contributed by atoms with Crippen molar-refractivity contribution in [3.8, 4) is 0 Å². The summed E-state index contributed by atoms with van der Waals surface area (Å²) in [7, 11) is 3.51. The topological polar surface area (TPSA) is 110 Å². The number of rotatable bonds is 5. The van der Waals surface area contributed by atoms with Crippen molar-refractivity contribution >= 4 is 11.8 Å². The molecule has 0 atom stereocenters. The van der Waals surface area contributed by atoms with Gasteiger partial charge in [0.25, 0.3) is 11.4 Å². The first-order chi connectivity index (χ1) is 10.1. The number of nitrogens with one attached hydrogen (secondary N) is 1. The van der Waals surface area contributed by atoms with Crippen LogP contribution in [0.1, 0.15) is 20.8 Å². The number of nitrogens with zero attached hydrogens (tertiary/aromatic N) is 3. The summed E-state index contributed by atoms with van der Waals surface area (Å²) < 4.78 is 0. The Morgan fingerprint density at radius 3 is 1.64 bits per heavy atom. The number of allylic oxidation sites excluding steroid dienone is 2. The fraction of sp³-hybridized carbons (Fsp3) is 0.429. The van der Waals surface area contributed by atoms with Crippen LogP contribution in [-0.4, -0.2) is 37.4 Å². The number of nitrogens with two attached hydrogens (primary N) is 2. The lowest BCUT2D eigenvalue weighted by molar-refractivity contribution is -0.115. The maximum absolute atomic E-state index is 10.6. The molecule has 2 amide bonds. The van der Waals surface area contributed by atoms with Crippen LogP contribution in [0.3, 0.4) is 0 Å². The van der Waals surface area contributed by atoms with Gasteiger partial charge in [0.2, 0.25) is 11.8 Å². The molecule has 0 aliphatic carbocycles. The van der Waals surface area contributed by atoms with Gasteiger partial charge in [-0.3, -0.25) is 9.59 Å². The Morgan fingerprint density at radius 1 is 1.05 bits per heavy atom. The largest absolute Gasteiger partial charge is 0.398 e. The van der Waals surface area contributed by atoms with Gasteiger partial charge in [0, 0.05) is 32.0 Å². The first-order valence-corrected chi connectivity index (χ1v) is 6.31. The Labute approximate surface area is 131 Å². The lowest BCUT2D eigenvalue weighted by atomic mass is 10.3. The molecule has 0 heterocycles. The highest BCUT2D eigenvalue weighted by Gasteiger charge is 2.09. The normalized spacial score (nSPS) is 11.4. The second kappa shape index (κ2) is 10.7. The van der Waals surface area contributed by atoms with Crippen LogP contribution in [0.4, 0.5) is 0 Å². The van der Waals surface area contributed by atoms with Crippen LogP contribution in [0.15, 0.2) is 22.8 Å². The smallest absolute Gasteiger partial charge is 0.267 e. The fourth-order valence-electron chi connectivity index (χ4n) is 1.20. The zero-order chi connectivity index (χ0) is 17.9. The van der Waals surface area contributed by atoms with Crippen molar-refractivity contribution < 1.29 is 9.59 Å². The van der Waals surface area contributed by atoms with Crippen LogP contribution < -0.4 is 16.8 Å². The van der Waals surface area contributed by atoms with E-state index in [-0.39, 0.29) is 11.4 Å². The minimum absolute atomic E-state index is 0.00463. The number of hydrogen-bond acceptors (Lipinski definition) is 4. The monoisotopic (exact) mass is 306 g/mol. The van der Waals surface area contributed by atoms with Gasteiger partial charge in [-0.2, -0.15) is 0 Å². The molecule has 0 aromatic heterocycles. The van der Waals surface area contributed by atoms with Crippen molar-refractivity contribution in [1.82, 2.24) is 10.2 Å². The molecule has 120 valence electrons. The third-order valence-electron chi connectivity index (χ3n) is 2.50. The molecule has 0 rings (SSSR count). The van der Waals surface area contributed by atoms with Gasteiger partial charge in [0.05, 0.1) is 13.1 Å². The second-order valence-corrected chi connectivity index (χ2v) is 4.28. The van der Waals surface area contributed by atoms with Crippen LogP contribution >= 0.6 is 0 Å². The summed E-state index contributed by atoms with van der Waals surface area (Å²) in [5.41, 5.74) is 11.0. The summed E-state index contributed by atoms with van der Waals surface area (Å²) in [6.45, 7) is 19.2. The van der Waals surface area contributed by atoms with Crippen LogP contribution in [0.5, 0.6) is 0 Å². The fourth-order valence-corrected chi connectivity index (χ4v) is 1.20. The van der Waals surface area contributed by atoms with Crippen molar-refractivity contribution in [2.24, 2.45) is 11.5 Å². The van der Waals surface area contributed by atoms with E-state index in [4.69, 9.17) is 24.6 Å². The minimum Gasteiger partial charge on any atom is -0.398 e. The molecule has 8 heteroatoms. The highest BCUT2D eigenvalue weighted by molar-refractivity contribution is 5.94. The number of primary amides is 2. The Hall–Kier alpha value is -3.00. The zero-order valence-electron chi connectivity index (χ0n) is 13.5. The van der Waals surface area contributed by atoms with Crippen molar-refractivity contribution in [3.63, 3.8) is 0 Å². The highest BCUT2D eigenvalue weighted by atomic mass is 16.1. The molecular formula is C14H22N6O2. The van der Waals surface area contributed by atoms with Crippen molar-refractivity contribution in [2.75, 3.05) is 20.6 Å². The van der Waals surface area contributed by atoms with Gasteiger partial charge in [-0.1, -0.05) is 0 Å². The number of amides is 2. The summed E-state index contributed by atoms with van der Waals surface area (Å²) >= 11 is 0. The molecule has 22 heavy (non-hydrogen) atoms. The third-order valence-corrected chi connectivity index (χ3v) is 2.50. The molecule has 0 aromatic carbocycles. The van der Waals surface area contributed by atoms with Crippen molar-refractivity contribution in [3.05, 3.63) is 45.6 Å². The molecular weight excluding hydrogens is 284 g/mol. The quantitative estimate of drug-likeness (QED) is 0.505. The summed E-state index contributed by atoms with van der Waals surface area (Å²) in [4.78, 5) is 28.9. The molecule has 0 aliphatic rings. The van der Waals surface area contributed by atoms with Crippen molar-refractivity contribution in [2.45, 2.75) is 20.8 Å². The summed E-state index contributed by atoms with van der Waals surface area (Å²) in [6.07, 6.45) is 0. The Kier molecular flexibility index (Phi) is 10.4. The average Bonchev–Trinajstić information content (AvgIpc) is 2.40. The van der Waals surface area contributed by atoms with E-state index >= 15 is 0 Å². The zero-order valence-corrected chi connectivity index (χ0v) is 13.5. The van der Waals surface area contributed by atoms with E-state index in [9.17, 15) is 9.59 Å². The van der Waals surface area contributed by atoms with Crippen LogP contribution in [-0.2, 0) is 9.59 Å². The van der Waals surface area contributed by atoms with Gasteiger partial charge in [0.15, 0.2) is 0 Å². The standard InChI is InChI=1S/2C7H11N3O/c1-5(10(3)4)6(9-2)7(8)11;1-4-10-5(2)6(9-3)7(8)11/h1,3-4H3,(H2,8,11);10H,4H2,1-2H3,(H2,8,11)/b2*6-5+. The van der Waals surface area contributed by atoms with Crippen LogP contribution in [0.25, 0.3) is 9.69 Å². The molecule has 0 unspecified atom stereocenters. The highest BCUT2D eigenvalue weighted by Crippen LogP contribution is 2.06. The van der Waals surface area contributed by atoms with Gasteiger partial charge in [-0.25, -0.2) is 9.69 Å². The molecule has 5 N–H and O–H groups in total. The second-order valence-electron chi connectivity index (χ2n) is 4.28. The molecule has 0 saturated carbocycles. The Balaban J connectivity index is 0. The average molecular weight is 306 g/mol. The first-order valence-electron chi connectivity index (χ1n) is 6.31. The molecule has 0 spiro atoms. The van der Waals surface area contributed by atoms with Gasteiger partial charge < -0.3 is 21.7 Å². The van der Waals surface area contributed by atoms with Gasteiger partial charge in [-0.15, -0.1) is 0 Å². The molecule has 8 nitrogen and oxygen atoms in total. The van der Waals surface area contributed by atoms with E-state index < -0.39 is 11.8 Å². The molecule has 0 bridgehead atoms. The Bertz CT molecular complexity index is 561. The van der Waals surface area contributed by atoms with Gasteiger partial charge >= 0.3 is 0 Å². The maximum Gasteiger partial charge on any atom is 0.267 e. The predicted octanol–water partition coefficient (Wildman–Crippen LogP) is 0.416. The lowest BCUT2D eigenvalue weighted by Crippen LogP contribution is -2.19. The van der Waals surface area contributed by atoms with Crippen LogP contribution in [0, 0.1) is 13.1 Å². The maximum atomic E-state index is 10.6. The van der Waals surface area contributed by atoms with E-state index in [0.717, 1.165) is 0 Å². The molecule has 0 saturated heterocycles. The first kappa shape index (κ1) is 21.3. The Morgan fingerprint density at radius 2 is 1.45 bits per heavy atom. The summed E-state index contributed by atoms with van der Waals surface area (Å²) in [6, 6.07) is 0. The van der Waals surface area contributed by atoms with E-state index in [1.54, 1.807) is 32.8 Å². The van der Waals surface area contributed by atoms with E-state index in [1.807, 2.05) is 6.92 Å².